The van der Waals surface area contributed by atoms with Crippen molar-refractivity contribution in [1.29, 1.82) is 0 Å². The van der Waals surface area contributed by atoms with Crippen LogP contribution in [0.4, 0.5) is 5.69 Å². The number of carbonyl (C=O) groups is 1. The van der Waals surface area contributed by atoms with E-state index in [2.05, 4.69) is 62.9 Å². The molecule has 2 aromatic carbocycles. The molecule has 0 heterocycles. The molecule has 1 N–H and O–H groups in total. The van der Waals surface area contributed by atoms with Gasteiger partial charge in [-0.1, -0.05) is 41.4 Å². The van der Waals surface area contributed by atoms with Gasteiger partial charge in [-0.25, -0.2) is 0 Å². The molecule has 2 aromatic rings. The summed E-state index contributed by atoms with van der Waals surface area (Å²) in [4.78, 5) is 12.3. The monoisotopic (exact) mass is 457 g/mol. The predicted octanol–water partition coefficient (Wildman–Crippen LogP) is 5.65. The number of amides is 1. The number of nitrogens with one attached hydrogen (secondary N) is 1. The molecule has 0 spiro atoms. The van der Waals surface area contributed by atoms with Crippen molar-refractivity contribution in [3.8, 4) is 0 Å². The van der Waals surface area contributed by atoms with Gasteiger partial charge in [0.2, 0.25) is 0 Å². The van der Waals surface area contributed by atoms with Crippen LogP contribution in [0.3, 0.4) is 0 Å². The molecule has 0 aliphatic heterocycles. The Kier molecular flexibility index (Phi) is 6.23. The number of anilines is 1. The maximum atomic E-state index is 12.3. The van der Waals surface area contributed by atoms with Gasteiger partial charge in [-0.15, -0.1) is 0 Å². The molecule has 4 heteroatoms. The quantitative estimate of drug-likeness (QED) is 0.577. The second-order valence-electron chi connectivity index (χ2n) is 4.88. The highest BCUT2D eigenvalue weighted by Gasteiger charge is 2.10. The number of hydrogen-bond acceptors (Lipinski definition) is 1. The Morgan fingerprint density at radius 3 is 2.57 bits per heavy atom. The Hall–Kier alpha value is -0.880. The van der Waals surface area contributed by atoms with Gasteiger partial charge in [0.15, 0.2) is 0 Å². The zero-order valence-corrected chi connectivity index (χ0v) is 15.6. The van der Waals surface area contributed by atoms with Crippen molar-refractivity contribution in [2.24, 2.45) is 0 Å². The zero-order chi connectivity index (χ0) is 15.2. The molecule has 21 heavy (non-hydrogen) atoms. The Labute approximate surface area is 147 Å². The molecular formula is C17H17BrINO. The van der Waals surface area contributed by atoms with Crippen molar-refractivity contribution in [1.82, 2.24) is 0 Å². The standard InChI is InChI=1S/C17H17BrINO/c1-2-3-4-12-5-8-14(9-6-12)20-17(21)15-11-13(18)7-10-16(15)19/h5-11H,2-4H2,1H3,(H,20,21). The first-order valence-electron chi connectivity index (χ1n) is 6.95. The zero-order valence-electron chi connectivity index (χ0n) is 11.8. The lowest BCUT2D eigenvalue weighted by Crippen LogP contribution is -2.13. The Morgan fingerprint density at radius 2 is 1.90 bits per heavy atom. The molecule has 0 saturated heterocycles. The SMILES string of the molecule is CCCCc1ccc(NC(=O)c2cc(Br)ccc2I)cc1. The summed E-state index contributed by atoms with van der Waals surface area (Å²) in [6.07, 6.45) is 3.48. The van der Waals surface area contributed by atoms with Crippen molar-refractivity contribution in [2.75, 3.05) is 5.32 Å². The van der Waals surface area contributed by atoms with E-state index in [9.17, 15) is 4.79 Å². The number of carbonyl (C=O) groups excluding carboxylic acids is 1. The number of unbranched alkanes of at least 4 members (excludes halogenated alkanes) is 1. The third kappa shape index (κ3) is 4.81. The van der Waals surface area contributed by atoms with Gasteiger partial charge in [0.25, 0.3) is 5.91 Å². The summed E-state index contributed by atoms with van der Waals surface area (Å²) >= 11 is 5.57. The van der Waals surface area contributed by atoms with E-state index in [1.165, 1.54) is 18.4 Å². The molecule has 110 valence electrons. The third-order valence-corrected chi connectivity index (χ3v) is 4.64. The summed E-state index contributed by atoms with van der Waals surface area (Å²) in [5.41, 5.74) is 2.82. The van der Waals surface area contributed by atoms with Crippen LogP contribution in [0, 0.1) is 3.57 Å². The smallest absolute Gasteiger partial charge is 0.256 e. The molecule has 0 radical (unpaired) electrons. The number of halogens is 2. The maximum absolute atomic E-state index is 12.3. The topological polar surface area (TPSA) is 29.1 Å². The van der Waals surface area contributed by atoms with Gasteiger partial charge in [-0.3, -0.25) is 4.79 Å². The van der Waals surface area contributed by atoms with Crippen molar-refractivity contribution in [3.05, 3.63) is 61.6 Å². The highest BCUT2D eigenvalue weighted by Crippen LogP contribution is 2.20. The fourth-order valence-electron chi connectivity index (χ4n) is 2.01. The van der Waals surface area contributed by atoms with E-state index >= 15 is 0 Å². The largest absolute Gasteiger partial charge is 0.322 e. The van der Waals surface area contributed by atoms with Crippen LogP contribution in [-0.2, 0) is 6.42 Å². The van der Waals surface area contributed by atoms with Gasteiger partial charge in [0.1, 0.15) is 0 Å². The first kappa shape index (κ1) is 16.5. The van der Waals surface area contributed by atoms with Crippen LogP contribution in [-0.4, -0.2) is 5.91 Å². The fourth-order valence-corrected chi connectivity index (χ4v) is 2.95. The molecule has 0 aromatic heterocycles. The first-order chi connectivity index (χ1) is 10.1. The molecule has 0 aliphatic carbocycles. The van der Waals surface area contributed by atoms with Gasteiger partial charge < -0.3 is 5.32 Å². The summed E-state index contributed by atoms with van der Waals surface area (Å²) in [7, 11) is 0. The molecule has 0 atom stereocenters. The van der Waals surface area contributed by atoms with E-state index in [0.29, 0.717) is 5.56 Å². The van der Waals surface area contributed by atoms with Crippen LogP contribution in [0.5, 0.6) is 0 Å². The normalized spacial score (nSPS) is 10.4. The average Bonchev–Trinajstić information content (AvgIpc) is 2.49. The number of rotatable bonds is 5. The fraction of sp³-hybridized carbons (Fsp3) is 0.235. The van der Waals surface area contributed by atoms with Gasteiger partial charge >= 0.3 is 0 Å². The minimum absolute atomic E-state index is 0.0815. The van der Waals surface area contributed by atoms with Crippen molar-refractivity contribution in [3.63, 3.8) is 0 Å². The minimum Gasteiger partial charge on any atom is -0.322 e. The highest BCUT2D eigenvalue weighted by atomic mass is 127. The van der Waals surface area contributed by atoms with Gasteiger partial charge in [-0.2, -0.15) is 0 Å². The molecule has 0 saturated carbocycles. The second-order valence-corrected chi connectivity index (χ2v) is 6.96. The maximum Gasteiger partial charge on any atom is 0.256 e. The lowest BCUT2D eigenvalue weighted by molar-refractivity contribution is 0.102. The van der Waals surface area contributed by atoms with Crippen molar-refractivity contribution in [2.45, 2.75) is 26.2 Å². The Bertz CT molecular complexity index is 625. The molecule has 2 rings (SSSR count). The minimum atomic E-state index is -0.0815. The van der Waals surface area contributed by atoms with Gasteiger partial charge in [0, 0.05) is 13.7 Å². The summed E-state index contributed by atoms with van der Waals surface area (Å²) < 4.78 is 1.84. The first-order valence-corrected chi connectivity index (χ1v) is 8.82. The summed E-state index contributed by atoms with van der Waals surface area (Å²) in [6, 6.07) is 13.8. The summed E-state index contributed by atoms with van der Waals surface area (Å²) in [6.45, 7) is 2.19. The molecule has 0 fully saturated rings. The predicted molar refractivity (Wildman–Crippen MR) is 99.9 cm³/mol. The highest BCUT2D eigenvalue weighted by molar-refractivity contribution is 14.1. The molecule has 2 nitrogen and oxygen atoms in total. The average molecular weight is 458 g/mol. The van der Waals surface area contributed by atoms with Crippen LogP contribution >= 0.6 is 38.5 Å². The molecule has 1 amide bonds. The molecule has 0 unspecified atom stereocenters. The number of aryl methyl sites for hydroxylation is 1. The van der Waals surface area contributed by atoms with Crippen LogP contribution < -0.4 is 5.32 Å². The van der Waals surface area contributed by atoms with Crippen LogP contribution in [0.2, 0.25) is 0 Å². The lowest BCUT2D eigenvalue weighted by Gasteiger charge is -2.08. The van der Waals surface area contributed by atoms with Crippen LogP contribution in [0.1, 0.15) is 35.7 Å². The van der Waals surface area contributed by atoms with Crippen LogP contribution in [0.15, 0.2) is 46.9 Å². The van der Waals surface area contributed by atoms with Crippen LogP contribution in [0.25, 0.3) is 0 Å². The van der Waals surface area contributed by atoms with E-state index in [4.69, 9.17) is 0 Å². The van der Waals surface area contributed by atoms with E-state index in [1.807, 2.05) is 30.3 Å². The van der Waals surface area contributed by atoms with Gasteiger partial charge in [0.05, 0.1) is 5.56 Å². The molecule has 0 bridgehead atoms. The van der Waals surface area contributed by atoms with E-state index in [1.54, 1.807) is 0 Å². The Morgan fingerprint density at radius 1 is 1.19 bits per heavy atom. The summed E-state index contributed by atoms with van der Waals surface area (Å²) in [5, 5.41) is 2.94. The number of benzene rings is 2. The summed E-state index contributed by atoms with van der Waals surface area (Å²) in [5.74, 6) is -0.0815. The van der Waals surface area contributed by atoms with Gasteiger partial charge in [-0.05, 0) is 71.3 Å². The van der Waals surface area contributed by atoms with E-state index in [-0.39, 0.29) is 5.91 Å². The van der Waals surface area contributed by atoms with E-state index < -0.39 is 0 Å². The van der Waals surface area contributed by atoms with Crippen molar-refractivity contribution >= 4 is 50.1 Å². The van der Waals surface area contributed by atoms with E-state index in [0.717, 1.165) is 20.2 Å². The molecule has 0 aliphatic rings. The Balaban J connectivity index is 2.07. The molecular weight excluding hydrogens is 441 g/mol. The lowest BCUT2D eigenvalue weighted by atomic mass is 10.1. The van der Waals surface area contributed by atoms with Crippen molar-refractivity contribution < 1.29 is 4.79 Å². The number of hydrogen-bond donors (Lipinski definition) is 1. The third-order valence-electron chi connectivity index (χ3n) is 3.20. The second kappa shape index (κ2) is 7.94.